The molecule has 0 heterocycles. The number of methoxy groups -OCH3 is 1. The van der Waals surface area contributed by atoms with Crippen molar-refractivity contribution in [2.45, 2.75) is 24.7 Å². The predicted octanol–water partition coefficient (Wildman–Crippen LogP) is 1.99. The monoisotopic (exact) mass is 350 g/mol. The van der Waals surface area contributed by atoms with Crippen LogP contribution in [0.4, 0.5) is 4.39 Å². The van der Waals surface area contributed by atoms with Crippen molar-refractivity contribution in [1.29, 1.82) is 0 Å². The van der Waals surface area contributed by atoms with E-state index < -0.39 is 0 Å². The largest absolute Gasteiger partial charge is 0.383 e. The minimum absolute atomic E-state index is 0.0556. The maximum atomic E-state index is 13.5. The number of hydrogen-bond acceptors (Lipinski definition) is 3. The summed E-state index contributed by atoms with van der Waals surface area (Å²) in [7, 11) is 5.60. The second kappa shape index (κ2) is 9.73. The van der Waals surface area contributed by atoms with Crippen LogP contribution in [0.5, 0.6) is 0 Å². The molecule has 5 nitrogen and oxygen atoms in total. The van der Waals surface area contributed by atoms with Gasteiger partial charge in [0.25, 0.3) is 0 Å². The molecular weight excluding hydrogens is 319 g/mol. The fourth-order valence-corrected chi connectivity index (χ4v) is 2.92. The Bertz CT molecular complexity index is 560. The summed E-state index contributed by atoms with van der Waals surface area (Å²) >= 11 is 0. The van der Waals surface area contributed by atoms with E-state index in [1.807, 2.05) is 6.07 Å². The van der Waals surface area contributed by atoms with E-state index in [-0.39, 0.29) is 11.2 Å². The number of halogens is 1. The molecule has 1 aromatic carbocycles. The van der Waals surface area contributed by atoms with Gasteiger partial charge in [0.05, 0.1) is 6.61 Å². The normalized spacial score (nSPS) is 16.1. The van der Waals surface area contributed by atoms with Crippen LogP contribution in [-0.2, 0) is 10.2 Å². The minimum Gasteiger partial charge on any atom is -0.383 e. The Hall–Kier alpha value is -1.66. The molecule has 25 heavy (non-hydrogen) atoms. The molecule has 0 unspecified atom stereocenters. The minimum atomic E-state index is -0.163. The third-order valence-electron chi connectivity index (χ3n) is 4.79. The predicted molar refractivity (Wildman–Crippen MR) is 101 cm³/mol. The molecule has 6 heteroatoms. The average molecular weight is 350 g/mol. The summed E-state index contributed by atoms with van der Waals surface area (Å²) in [5.74, 6) is 0.645. The highest BCUT2D eigenvalue weighted by Gasteiger charge is 2.44. The molecule has 2 rings (SSSR count). The van der Waals surface area contributed by atoms with E-state index in [0.717, 1.165) is 63.6 Å². The second-order valence-electron chi connectivity index (χ2n) is 6.79. The number of benzene rings is 1. The lowest BCUT2D eigenvalue weighted by molar-refractivity contribution is 0.161. The van der Waals surface area contributed by atoms with Crippen molar-refractivity contribution in [1.82, 2.24) is 15.5 Å². The molecule has 1 aliphatic rings. The molecule has 0 radical (unpaired) electrons. The lowest BCUT2D eigenvalue weighted by Gasteiger charge is -2.20. The molecule has 1 aromatic rings. The zero-order valence-corrected chi connectivity index (χ0v) is 15.6. The second-order valence-corrected chi connectivity index (χ2v) is 6.79. The first kappa shape index (κ1) is 19.7. The van der Waals surface area contributed by atoms with Crippen molar-refractivity contribution in [3.05, 3.63) is 35.6 Å². The van der Waals surface area contributed by atoms with Crippen LogP contribution in [0, 0.1) is 5.82 Å². The van der Waals surface area contributed by atoms with Gasteiger partial charge in [-0.1, -0.05) is 12.1 Å². The fourth-order valence-electron chi connectivity index (χ4n) is 2.92. The molecule has 0 spiro atoms. The Morgan fingerprint density at radius 2 is 2.12 bits per heavy atom. The maximum Gasteiger partial charge on any atom is 0.191 e. The molecule has 0 aromatic heterocycles. The Kier molecular flexibility index (Phi) is 7.65. The molecule has 0 bridgehead atoms. The van der Waals surface area contributed by atoms with Crippen molar-refractivity contribution >= 4 is 5.96 Å². The summed E-state index contributed by atoms with van der Waals surface area (Å²) in [6.45, 7) is 4.36. The molecule has 2 N–H and O–H groups in total. The zero-order valence-electron chi connectivity index (χ0n) is 15.6. The molecule has 0 aliphatic heterocycles. The Labute approximate surface area is 150 Å². The number of nitrogens with one attached hydrogen (secondary N) is 2. The van der Waals surface area contributed by atoms with Crippen LogP contribution in [0.15, 0.2) is 29.3 Å². The Morgan fingerprint density at radius 1 is 1.32 bits per heavy atom. The van der Waals surface area contributed by atoms with E-state index in [4.69, 9.17) is 4.74 Å². The number of hydrogen-bond donors (Lipinski definition) is 2. The highest BCUT2D eigenvalue weighted by atomic mass is 19.1. The summed E-state index contributed by atoms with van der Waals surface area (Å²) in [5, 5.41) is 6.75. The summed E-state index contributed by atoms with van der Waals surface area (Å²) in [6, 6.07) is 6.96. The van der Waals surface area contributed by atoms with Gasteiger partial charge < -0.3 is 20.3 Å². The molecule has 1 aliphatic carbocycles. The van der Waals surface area contributed by atoms with Gasteiger partial charge in [0.1, 0.15) is 5.82 Å². The van der Waals surface area contributed by atoms with Gasteiger partial charge >= 0.3 is 0 Å². The summed E-state index contributed by atoms with van der Waals surface area (Å²) in [5.41, 5.74) is 1.13. The number of rotatable bonds is 10. The third-order valence-corrected chi connectivity index (χ3v) is 4.79. The van der Waals surface area contributed by atoms with Crippen LogP contribution in [0.3, 0.4) is 0 Å². The number of ether oxygens (including phenoxy) is 1. The molecule has 140 valence electrons. The highest BCUT2D eigenvalue weighted by Crippen LogP contribution is 2.47. The third kappa shape index (κ3) is 6.29. The molecule has 0 atom stereocenters. The van der Waals surface area contributed by atoms with E-state index in [1.165, 1.54) is 6.07 Å². The van der Waals surface area contributed by atoms with Crippen molar-refractivity contribution in [3.8, 4) is 0 Å². The molecule has 1 saturated carbocycles. The lowest BCUT2D eigenvalue weighted by atomic mass is 9.96. The van der Waals surface area contributed by atoms with E-state index in [2.05, 4.69) is 27.6 Å². The van der Waals surface area contributed by atoms with Gasteiger partial charge in [-0.25, -0.2) is 4.39 Å². The fraction of sp³-hybridized carbons (Fsp3) is 0.632. The highest BCUT2D eigenvalue weighted by molar-refractivity contribution is 5.79. The van der Waals surface area contributed by atoms with Gasteiger partial charge in [-0.05, 0) is 50.6 Å². The number of nitrogens with zero attached hydrogens (tertiary/aromatic N) is 2. The van der Waals surface area contributed by atoms with E-state index in [1.54, 1.807) is 26.3 Å². The van der Waals surface area contributed by atoms with Gasteiger partial charge in [0.15, 0.2) is 5.96 Å². The van der Waals surface area contributed by atoms with E-state index in [9.17, 15) is 4.39 Å². The molecule has 0 amide bonds. The number of aliphatic imine (C=N–C) groups is 1. The van der Waals surface area contributed by atoms with Crippen LogP contribution in [-0.4, -0.2) is 64.9 Å². The smallest absolute Gasteiger partial charge is 0.191 e. The van der Waals surface area contributed by atoms with Crippen LogP contribution < -0.4 is 10.6 Å². The van der Waals surface area contributed by atoms with Crippen LogP contribution in [0.1, 0.15) is 24.8 Å². The zero-order chi connectivity index (χ0) is 18.1. The number of likely N-dealkylation sites (N-methyl/N-ethyl adjacent to an activating group) is 1. The summed E-state index contributed by atoms with van der Waals surface area (Å²) in [4.78, 5) is 6.54. The summed E-state index contributed by atoms with van der Waals surface area (Å²) < 4.78 is 18.5. The van der Waals surface area contributed by atoms with Crippen LogP contribution in [0.2, 0.25) is 0 Å². The first-order chi connectivity index (χ1) is 12.1. The van der Waals surface area contributed by atoms with Gasteiger partial charge in [0, 0.05) is 39.2 Å². The molecular formula is C19H31FN4O. The van der Waals surface area contributed by atoms with Crippen molar-refractivity contribution in [2.24, 2.45) is 4.99 Å². The quantitative estimate of drug-likeness (QED) is 0.385. The van der Waals surface area contributed by atoms with Gasteiger partial charge in [-0.3, -0.25) is 4.99 Å². The summed E-state index contributed by atoms with van der Waals surface area (Å²) in [6.07, 6.45) is 3.21. The first-order valence-corrected chi connectivity index (χ1v) is 8.98. The Morgan fingerprint density at radius 3 is 2.76 bits per heavy atom. The van der Waals surface area contributed by atoms with E-state index >= 15 is 0 Å². The SMILES string of the molecule is CN=C(NCCCN(C)CCOC)NCC1(c2cccc(F)c2)CC1. The Balaban J connectivity index is 1.70. The standard InChI is InChI=1S/C19H31FN4O/c1-21-18(22-10-5-11-24(2)12-13-25-3)23-15-19(8-9-19)16-6-4-7-17(20)14-16/h4,6-7,14H,5,8-13,15H2,1-3H3,(H2,21,22,23). The number of guanidine groups is 1. The average Bonchev–Trinajstić information content (AvgIpc) is 3.40. The van der Waals surface area contributed by atoms with Gasteiger partial charge in [0.2, 0.25) is 0 Å². The topological polar surface area (TPSA) is 48.9 Å². The van der Waals surface area contributed by atoms with Gasteiger partial charge in [-0.2, -0.15) is 0 Å². The van der Waals surface area contributed by atoms with E-state index in [0.29, 0.717) is 0 Å². The first-order valence-electron chi connectivity index (χ1n) is 8.98. The van der Waals surface area contributed by atoms with Crippen molar-refractivity contribution in [3.63, 3.8) is 0 Å². The van der Waals surface area contributed by atoms with Gasteiger partial charge in [-0.15, -0.1) is 0 Å². The van der Waals surface area contributed by atoms with Crippen molar-refractivity contribution in [2.75, 3.05) is 54.0 Å². The molecule has 0 saturated heterocycles. The lowest BCUT2D eigenvalue weighted by Crippen LogP contribution is -2.42. The van der Waals surface area contributed by atoms with Crippen LogP contribution in [0.25, 0.3) is 0 Å². The molecule has 1 fully saturated rings. The van der Waals surface area contributed by atoms with Crippen LogP contribution >= 0.6 is 0 Å². The van der Waals surface area contributed by atoms with Crippen molar-refractivity contribution < 1.29 is 9.13 Å². The maximum absolute atomic E-state index is 13.5.